The number of benzene rings is 1. The van der Waals surface area contributed by atoms with Crippen molar-refractivity contribution in [2.24, 2.45) is 0 Å². The van der Waals surface area contributed by atoms with Crippen molar-refractivity contribution in [3.8, 4) is 10.8 Å². The topological polar surface area (TPSA) is 75.4 Å². The van der Waals surface area contributed by atoms with Gasteiger partial charge in [-0.2, -0.15) is 13.2 Å². The highest BCUT2D eigenvalue weighted by atomic mass is 32.1. The number of hydrogen-bond acceptors (Lipinski definition) is 5. The van der Waals surface area contributed by atoms with E-state index in [4.69, 9.17) is 4.42 Å². The Morgan fingerprint density at radius 1 is 1.29 bits per heavy atom. The molecule has 0 saturated heterocycles. The first-order chi connectivity index (χ1) is 13.3. The third-order valence-corrected chi connectivity index (χ3v) is 4.97. The second kappa shape index (κ2) is 8.15. The third kappa shape index (κ3) is 4.60. The number of carbonyl (C=O) groups excluding carboxylic acids is 1. The van der Waals surface area contributed by atoms with E-state index in [0.717, 1.165) is 17.0 Å². The predicted octanol–water partition coefficient (Wildman–Crippen LogP) is 4.12. The summed E-state index contributed by atoms with van der Waals surface area (Å²) in [5, 5.41) is 14.0. The highest BCUT2D eigenvalue weighted by Crippen LogP contribution is 2.30. The van der Waals surface area contributed by atoms with Gasteiger partial charge in [0.25, 0.3) is 0 Å². The molecule has 3 aromatic rings. The van der Waals surface area contributed by atoms with E-state index in [-0.39, 0.29) is 6.42 Å². The molecule has 0 aliphatic heterocycles. The van der Waals surface area contributed by atoms with E-state index in [1.165, 1.54) is 23.5 Å². The van der Waals surface area contributed by atoms with Gasteiger partial charge in [-0.3, -0.25) is 4.79 Å². The van der Waals surface area contributed by atoms with Gasteiger partial charge in [-0.1, -0.05) is 18.2 Å². The van der Waals surface area contributed by atoms with Crippen LogP contribution in [0.4, 0.5) is 13.2 Å². The van der Waals surface area contributed by atoms with E-state index in [2.05, 4.69) is 10.3 Å². The number of aliphatic hydroxyl groups excluding tert-OH is 1. The Bertz CT molecular complexity index is 934. The molecule has 1 atom stereocenters. The number of hydrogen-bond donors (Lipinski definition) is 2. The van der Waals surface area contributed by atoms with Crippen LogP contribution in [0.25, 0.3) is 10.8 Å². The SMILES string of the molecule is Cc1oc(-c2cccs2)nc1CC(=O)N[C@H](CO)c1ccc(C(F)(F)F)cc1. The van der Waals surface area contributed by atoms with Crippen LogP contribution in [0.2, 0.25) is 0 Å². The minimum absolute atomic E-state index is 0.0716. The first kappa shape index (κ1) is 20.1. The van der Waals surface area contributed by atoms with Crippen molar-refractivity contribution in [1.82, 2.24) is 10.3 Å². The second-order valence-corrected chi connectivity index (χ2v) is 7.05. The summed E-state index contributed by atoms with van der Waals surface area (Å²) in [5.74, 6) is 0.512. The van der Waals surface area contributed by atoms with E-state index < -0.39 is 30.3 Å². The second-order valence-electron chi connectivity index (χ2n) is 6.10. The number of carbonyl (C=O) groups is 1. The summed E-state index contributed by atoms with van der Waals surface area (Å²) in [6, 6.07) is 7.20. The van der Waals surface area contributed by atoms with Crippen LogP contribution >= 0.6 is 11.3 Å². The van der Waals surface area contributed by atoms with E-state index >= 15 is 0 Å². The Balaban J connectivity index is 1.68. The number of alkyl halides is 3. The number of thiophene rings is 1. The lowest BCUT2D eigenvalue weighted by Gasteiger charge is -2.17. The summed E-state index contributed by atoms with van der Waals surface area (Å²) in [4.78, 5) is 17.5. The number of amides is 1. The van der Waals surface area contributed by atoms with E-state index in [1.54, 1.807) is 6.92 Å². The Morgan fingerprint density at radius 2 is 2.00 bits per heavy atom. The van der Waals surface area contributed by atoms with Crippen molar-refractivity contribution >= 4 is 17.2 Å². The van der Waals surface area contributed by atoms with Gasteiger partial charge in [0.15, 0.2) is 0 Å². The maximum absolute atomic E-state index is 12.7. The van der Waals surface area contributed by atoms with Gasteiger partial charge in [0.1, 0.15) is 5.76 Å². The average Bonchev–Trinajstić information content (AvgIpc) is 3.29. The minimum Gasteiger partial charge on any atom is -0.440 e. The van der Waals surface area contributed by atoms with Crippen LogP contribution in [0.5, 0.6) is 0 Å². The highest BCUT2D eigenvalue weighted by molar-refractivity contribution is 7.13. The Morgan fingerprint density at radius 3 is 2.57 bits per heavy atom. The molecule has 0 saturated carbocycles. The minimum atomic E-state index is -4.44. The van der Waals surface area contributed by atoms with Gasteiger partial charge in [0, 0.05) is 0 Å². The molecule has 3 rings (SSSR count). The lowest BCUT2D eigenvalue weighted by atomic mass is 10.0. The van der Waals surface area contributed by atoms with Crippen LogP contribution in [0.1, 0.15) is 28.6 Å². The summed E-state index contributed by atoms with van der Waals surface area (Å²) >= 11 is 1.46. The number of oxazole rings is 1. The maximum atomic E-state index is 12.7. The number of aromatic nitrogens is 1. The van der Waals surface area contributed by atoms with Crippen molar-refractivity contribution in [2.75, 3.05) is 6.61 Å². The van der Waals surface area contributed by atoms with Crippen molar-refractivity contribution in [3.05, 3.63) is 64.4 Å². The molecular formula is C19H17F3N2O3S. The summed E-state index contributed by atoms with van der Waals surface area (Å²) in [6.07, 6.45) is -4.51. The molecule has 2 aromatic heterocycles. The van der Waals surface area contributed by atoms with Crippen molar-refractivity contribution in [3.63, 3.8) is 0 Å². The van der Waals surface area contributed by atoms with E-state index in [0.29, 0.717) is 22.9 Å². The zero-order valence-corrected chi connectivity index (χ0v) is 15.6. The quantitative estimate of drug-likeness (QED) is 0.641. The normalized spacial score (nSPS) is 12.8. The standard InChI is InChI=1S/C19H17F3N2O3S/c1-11-14(24-18(27-11)16-3-2-8-28-16)9-17(26)23-15(10-25)12-4-6-13(7-5-12)19(20,21)22/h2-8,15,25H,9-10H2,1H3,(H,23,26)/t15-/m1/s1. The molecule has 0 aliphatic rings. The summed E-state index contributed by atoms with van der Waals surface area (Å²) in [5.41, 5.74) is 0.0450. The van der Waals surface area contributed by atoms with Crippen LogP contribution in [0.3, 0.4) is 0 Å². The van der Waals surface area contributed by atoms with Gasteiger partial charge >= 0.3 is 6.18 Å². The van der Waals surface area contributed by atoms with Crippen LogP contribution in [-0.2, 0) is 17.4 Å². The number of nitrogens with zero attached hydrogens (tertiary/aromatic N) is 1. The van der Waals surface area contributed by atoms with E-state index in [1.807, 2.05) is 17.5 Å². The van der Waals surface area contributed by atoms with Gasteiger partial charge in [0.05, 0.1) is 35.2 Å². The molecule has 1 aromatic carbocycles. The molecule has 0 unspecified atom stereocenters. The predicted molar refractivity (Wildman–Crippen MR) is 97.7 cm³/mol. The number of aryl methyl sites for hydroxylation is 1. The molecular weight excluding hydrogens is 393 g/mol. The Kier molecular flexibility index (Phi) is 5.85. The lowest BCUT2D eigenvalue weighted by Crippen LogP contribution is -2.32. The van der Waals surface area contributed by atoms with Gasteiger partial charge in [-0.25, -0.2) is 4.98 Å². The zero-order valence-electron chi connectivity index (χ0n) is 14.8. The molecule has 2 N–H and O–H groups in total. The summed E-state index contributed by atoms with van der Waals surface area (Å²) < 4.78 is 43.6. The average molecular weight is 410 g/mol. The van der Waals surface area contributed by atoms with Crippen molar-refractivity contribution in [2.45, 2.75) is 25.6 Å². The van der Waals surface area contributed by atoms with Crippen molar-refractivity contribution in [1.29, 1.82) is 0 Å². The first-order valence-electron chi connectivity index (χ1n) is 8.35. The molecule has 0 bridgehead atoms. The fourth-order valence-electron chi connectivity index (χ4n) is 2.63. The molecule has 148 valence electrons. The van der Waals surface area contributed by atoms with Crippen LogP contribution in [0.15, 0.2) is 46.2 Å². The van der Waals surface area contributed by atoms with Gasteiger partial charge in [-0.05, 0) is 36.1 Å². The molecule has 0 fully saturated rings. The first-order valence-corrected chi connectivity index (χ1v) is 9.23. The summed E-state index contributed by atoms with van der Waals surface area (Å²) in [6.45, 7) is 1.25. The van der Waals surface area contributed by atoms with E-state index in [9.17, 15) is 23.1 Å². The number of halogens is 3. The fourth-order valence-corrected chi connectivity index (χ4v) is 3.28. The fraction of sp³-hybridized carbons (Fsp3) is 0.263. The smallest absolute Gasteiger partial charge is 0.416 e. The maximum Gasteiger partial charge on any atom is 0.416 e. The van der Waals surface area contributed by atoms with Gasteiger partial charge < -0.3 is 14.8 Å². The largest absolute Gasteiger partial charge is 0.440 e. The number of nitrogens with one attached hydrogen (secondary N) is 1. The number of rotatable bonds is 6. The molecule has 5 nitrogen and oxygen atoms in total. The molecule has 0 aliphatic carbocycles. The van der Waals surface area contributed by atoms with Crippen LogP contribution in [-0.4, -0.2) is 22.6 Å². The monoisotopic (exact) mass is 410 g/mol. The highest BCUT2D eigenvalue weighted by Gasteiger charge is 2.30. The number of aliphatic hydroxyl groups is 1. The Hall–Kier alpha value is -2.65. The zero-order chi connectivity index (χ0) is 20.3. The van der Waals surface area contributed by atoms with Gasteiger partial charge in [0.2, 0.25) is 11.8 Å². The molecule has 9 heteroatoms. The molecule has 0 radical (unpaired) electrons. The van der Waals surface area contributed by atoms with Crippen molar-refractivity contribution < 1.29 is 27.5 Å². The van der Waals surface area contributed by atoms with Gasteiger partial charge in [-0.15, -0.1) is 11.3 Å². The van der Waals surface area contributed by atoms with Crippen LogP contribution in [0, 0.1) is 6.92 Å². The molecule has 28 heavy (non-hydrogen) atoms. The van der Waals surface area contributed by atoms with Crippen LogP contribution < -0.4 is 5.32 Å². The summed E-state index contributed by atoms with van der Waals surface area (Å²) in [7, 11) is 0. The molecule has 0 spiro atoms. The lowest BCUT2D eigenvalue weighted by molar-refractivity contribution is -0.137. The third-order valence-electron chi connectivity index (χ3n) is 4.11. The molecule has 1 amide bonds. The molecule has 2 heterocycles. The Labute approximate surface area is 162 Å².